The molecule has 0 saturated carbocycles. The van der Waals surface area contributed by atoms with E-state index in [0.29, 0.717) is 11.4 Å². The van der Waals surface area contributed by atoms with Gasteiger partial charge in [0.15, 0.2) is 6.10 Å². The zero-order valence-electron chi connectivity index (χ0n) is 8.05. The van der Waals surface area contributed by atoms with Crippen molar-refractivity contribution in [3.05, 3.63) is 22.7 Å². The Morgan fingerprint density at radius 1 is 1.44 bits per heavy atom. The van der Waals surface area contributed by atoms with E-state index < -0.39 is 18.8 Å². The summed E-state index contributed by atoms with van der Waals surface area (Å²) in [6.07, 6.45) is -7.03. The van der Waals surface area contributed by atoms with E-state index in [0.717, 1.165) is 4.47 Å². The highest BCUT2D eigenvalue weighted by molar-refractivity contribution is 9.10. The van der Waals surface area contributed by atoms with Crippen LogP contribution in [0.2, 0.25) is 0 Å². The molecule has 16 heavy (non-hydrogen) atoms. The molecule has 1 unspecified atom stereocenters. The number of benzene rings is 1. The van der Waals surface area contributed by atoms with E-state index >= 15 is 0 Å². The number of halogens is 4. The predicted octanol–water partition coefficient (Wildman–Crippen LogP) is 2.37. The van der Waals surface area contributed by atoms with Crippen LogP contribution in [0, 0.1) is 0 Å². The largest absolute Gasteiger partial charge is 0.416 e. The van der Waals surface area contributed by atoms with Crippen molar-refractivity contribution in [3.63, 3.8) is 0 Å². The van der Waals surface area contributed by atoms with Crippen molar-refractivity contribution in [2.45, 2.75) is 12.3 Å². The lowest BCUT2D eigenvalue weighted by Gasteiger charge is -2.16. The molecule has 0 fully saturated rings. The second-order valence-corrected chi connectivity index (χ2v) is 4.09. The lowest BCUT2D eigenvalue weighted by Crippen LogP contribution is -2.35. The monoisotopic (exact) mass is 298 g/mol. The third-order valence-corrected chi connectivity index (χ3v) is 2.37. The smallest absolute Gasteiger partial charge is 0.397 e. The Kier molecular flexibility index (Phi) is 4.03. The van der Waals surface area contributed by atoms with Gasteiger partial charge in [0.25, 0.3) is 0 Å². The van der Waals surface area contributed by atoms with Crippen LogP contribution in [0.15, 0.2) is 22.7 Å². The van der Waals surface area contributed by atoms with Crippen LogP contribution in [-0.2, 0) is 0 Å². The topological polar surface area (TPSA) is 58.3 Å². The highest BCUT2D eigenvalue weighted by Gasteiger charge is 2.37. The molecule has 0 bridgehead atoms. The Morgan fingerprint density at radius 2 is 2.06 bits per heavy atom. The highest BCUT2D eigenvalue weighted by Crippen LogP contribution is 2.24. The molecular formula is C9H10BrF3N2O. The van der Waals surface area contributed by atoms with Crippen LogP contribution >= 0.6 is 15.9 Å². The number of alkyl halides is 3. The quantitative estimate of drug-likeness (QED) is 0.751. The zero-order chi connectivity index (χ0) is 12.3. The first-order chi connectivity index (χ1) is 7.30. The summed E-state index contributed by atoms with van der Waals surface area (Å²) in [4.78, 5) is 0. The number of rotatable bonds is 3. The molecule has 1 aromatic carbocycles. The third-order valence-electron chi connectivity index (χ3n) is 1.88. The molecular weight excluding hydrogens is 289 g/mol. The number of nitrogens with two attached hydrogens (primary N) is 1. The van der Waals surface area contributed by atoms with E-state index in [4.69, 9.17) is 10.8 Å². The van der Waals surface area contributed by atoms with Gasteiger partial charge in [-0.3, -0.25) is 0 Å². The minimum absolute atomic E-state index is 0.309. The molecule has 7 heteroatoms. The summed E-state index contributed by atoms with van der Waals surface area (Å²) in [5, 5.41) is 11.2. The number of aliphatic hydroxyl groups excluding tert-OH is 1. The van der Waals surface area contributed by atoms with Gasteiger partial charge in [0.1, 0.15) is 0 Å². The molecule has 0 amide bonds. The fourth-order valence-corrected chi connectivity index (χ4v) is 1.40. The van der Waals surface area contributed by atoms with Crippen molar-refractivity contribution >= 4 is 27.3 Å². The van der Waals surface area contributed by atoms with E-state index in [-0.39, 0.29) is 0 Å². The number of anilines is 2. The number of hydrogen-bond acceptors (Lipinski definition) is 3. The molecule has 1 aromatic rings. The van der Waals surface area contributed by atoms with Crippen LogP contribution in [0.1, 0.15) is 0 Å². The van der Waals surface area contributed by atoms with Gasteiger partial charge in [-0.2, -0.15) is 13.2 Å². The van der Waals surface area contributed by atoms with Gasteiger partial charge in [-0.1, -0.05) is 15.9 Å². The zero-order valence-corrected chi connectivity index (χ0v) is 9.64. The Balaban J connectivity index is 2.62. The first-order valence-electron chi connectivity index (χ1n) is 4.34. The van der Waals surface area contributed by atoms with E-state index in [1.54, 1.807) is 12.1 Å². The molecule has 0 aliphatic rings. The van der Waals surface area contributed by atoms with Crippen molar-refractivity contribution in [1.29, 1.82) is 0 Å². The van der Waals surface area contributed by atoms with Gasteiger partial charge in [-0.05, 0) is 18.2 Å². The molecule has 0 spiro atoms. The van der Waals surface area contributed by atoms with Gasteiger partial charge in [0.2, 0.25) is 0 Å². The Hall–Kier alpha value is -0.950. The van der Waals surface area contributed by atoms with Gasteiger partial charge in [0.05, 0.1) is 11.4 Å². The van der Waals surface area contributed by atoms with Crippen molar-refractivity contribution in [1.82, 2.24) is 0 Å². The van der Waals surface area contributed by atoms with Crippen LogP contribution in [0.3, 0.4) is 0 Å². The average Bonchev–Trinajstić information content (AvgIpc) is 2.14. The van der Waals surface area contributed by atoms with E-state index in [2.05, 4.69) is 21.2 Å². The van der Waals surface area contributed by atoms with Gasteiger partial charge in [-0.25, -0.2) is 0 Å². The maximum Gasteiger partial charge on any atom is 0.416 e. The van der Waals surface area contributed by atoms with Crippen molar-refractivity contribution in [2.75, 3.05) is 17.6 Å². The second-order valence-electron chi connectivity index (χ2n) is 3.17. The summed E-state index contributed by atoms with van der Waals surface area (Å²) in [5.41, 5.74) is 6.22. The summed E-state index contributed by atoms with van der Waals surface area (Å²) in [5.74, 6) is 0. The van der Waals surface area contributed by atoms with E-state index in [1.165, 1.54) is 6.07 Å². The average molecular weight is 299 g/mol. The second kappa shape index (κ2) is 4.92. The predicted molar refractivity (Wildman–Crippen MR) is 59.1 cm³/mol. The van der Waals surface area contributed by atoms with Crippen molar-refractivity contribution in [2.24, 2.45) is 0 Å². The maximum atomic E-state index is 12.0. The molecule has 1 rings (SSSR count). The van der Waals surface area contributed by atoms with Crippen LogP contribution in [0.5, 0.6) is 0 Å². The summed E-state index contributed by atoms with van der Waals surface area (Å²) in [7, 11) is 0. The van der Waals surface area contributed by atoms with Crippen molar-refractivity contribution < 1.29 is 18.3 Å². The Labute approximate surface area is 98.6 Å². The highest BCUT2D eigenvalue weighted by atomic mass is 79.9. The molecule has 0 aromatic heterocycles. The lowest BCUT2D eigenvalue weighted by atomic mass is 10.2. The van der Waals surface area contributed by atoms with E-state index in [9.17, 15) is 13.2 Å². The summed E-state index contributed by atoms with van der Waals surface area (Å²) >= 11 is 3.17. The van der Waals surface area contributed by atoms with Crippen LogP contribution < -0.4 is 11.1 Å². The van der Waals surface area contributed by atoms with Gasteiger partial charge in [0, 0.05) is 11.0 Å². The van der Waals surface area contributed by atoms with Crippen molar-refractivity contribution in [3.8, 4) is 0 Å². The van der Waals surface area contributed by atoms with Crippen LogP contribution in [0.25, 0.3) is 0 Å². The number of aliphatic hydroxyl groups is 1. The van der Waals surface area contributed by atoms with E-state index in [1.807, 2.05) is 0 Å². The molecule has 0 heterocycles. The first kappa shape index (κ1) is 13.1. The number of hydrogen-bond donors (Lipinski definition) is 3. The normalized spacial score (nSPS) is 13.6. The van der Waals surface area contributed by atoms with Gasteiger partial charge >= 0.3 is 6.18 Å². The summed E-state index contributed by atoms with van der Waals surface area (Å²) in [6.45, 7) is -0.630. The molecule has 0 aliphatic heterocycles. The Bertz CT molecular complexity index is 370. The standard InChI is InChI=1S/C9H10BrF3N2O/c10-5-1-2-7(6(14)3-5)15-4-8(16)9(11,12)13/h1-3,8,15-16H,4,14H2. The molecule has 3 nitrogen and oxygen atoms in total. The van der Waals surface area contributed by atoms with Crippen LogP contribution in [0.4, 0.5) is 24.5 Å². The molecule has 0 saturated heterocycles. The maximum absolute atomic E-state index is 12.0. The fourth-order valence-electron chi connectivity index (χ4n) is 1.02. The molecule has 0 aliphatic carbocycles. The van der Waals surface area contributed by atoms with Crippen LogP contribution in [-0.4, -0.2) is 23.9 Å². The third kappa shape index (κ3) is 3.57. The molecule has 0 radical (unpaired) electrons. The minimum Gasteiger partial charge on any atom is -0.397 e. The number of nitrogen functional groups attached to an aromatic ring is 1. The summed E-state index contributed by atoms with van der Waals surface area (Å²) < 4.78 is 36.7. The van der Waals surface area contributed by atoms with Gasteiger partial charge < -0.3 is 16.2 Å². The SMILES string of the molecule is Nc1cc(Br)ccc1NCC(O)C(F)(F)F. The molecule has 90 valence electrons. The van der Waals surface area contributed by atoms with Gasteiger partial charge in [-0.15, -0.1) is 0 Å². The minimum atomic E-state index is -4.63. The lowest BCUT2D eigenvalue weighted by molar-refractivity contribution is -0.198. The number of nitrogens with one attached hydrogen (secondary N) is 1. The molecule has 1 atom stereocenters. The first-order valence-corrected chi connectivity index (χ1v) is 5.13. The fraction of sp³-hybridized carbons (Fsp3) is 0.333. The Morgan fingerprint density at radius 3 is 2.56 bits per heavy atom. The summed E-state index contributed by atoms with van der Waals surface area (Å²) in [6, 6.07) is 4.73. The molecule has 4 N–H and O–H groups in total.